The molecule has 0 aliphatic rings. The second-order valence-electron chi connectivity index (χ2n) is 5.54. The van der Waals surface area contributed by atoms with E-state index in [0.717, 1.165) is 12.1 Å². The number of hydrogen-bond acceptors (Lipinski definition) is 4. The van der Waals surface area contributed by atoms with Gasteiger partial charge in [-0.25, -0.2) is 4.98 Å². The molecule has 0 amide bonds. The highest BCUT2D eigenvalue weighted by Gasteiger charge is 2.30. The second-order valence-corrected chi connectivity index (χ2v) is 5.54. The van der Waals surface area contributed by atoms with E-state index in [-0.39, 0.29) is 19.6 Å². The lowest BCUT2D eigenvalue weighted by atomic mass is 10.1. The number of imidazole rings is 1. The van der Waals surface area contributed by atoms with Crippen LogP contribution in [0.4, 0.5) is 13.2 Å². The fourth-order valence-electron chi connectivity index (χ4n) is 2.17. The molecule has 0 saturated carbocycles. The number of oxime groups is 1. The van der Waals surface area contributed by atoms with E-state index < -0.39 is 17.7 Å². The SMILES string of the molecule is O=C(O)CCCCON=C(Cn1ccnc1)c1cccc(C(F)(F)F)c1. The molecule has 0 aliphatic carbocycles. The Morgan fingerprint density at radius 2 is 2.12 bits per heavy atom. The van der Waals surface area contributed by atoms with Gasteiger partial charge in [-0.15, -0.1) is 0 Å². The molecule has 1 aromatic heterocycles. The van der Waals surface area contributed by atoms with E-state index in [0.29, 0.717) is 24.1 Å². The van der Waals surface area contributed by atoms with E-state index in [1.807, 2.05) is 0 Å². The molecular formula is C17H18F3N3O3. The average molecular weight is 369 g/mol. The van der Waals surface area contributed by atoms with Crippen LogP contribution in [-0.2, 0) is 22.4 Å². The van der Waals surface area contributed by atoms with Crippen LogP contribution >= 0.6 is 0 Å². The Bertz CT molecular complexity index is 743. The van der Waals surface area contributed by atoms with E-state index in [1.54, 1.807) is 17.0 Å². The number of carboxylic acid groups (broad SMARTS) is 1. The Morgan fingerprint density at radius 1 is 1.31 bits per heavy atom. The van der Waals surface area contributed by atoms with Gasteiger partial charge in [0.25, 0.3) is 0 Å². The zero-order valence-corrected chi connectivity index (χ0v) is 13.8. The quantitative estimate of drug-likeness (QED) is 0.416. The number of carboxylic acids is 1. The molecular weight excluding hydrogens is 351 g/mol. The van der Waals surface area contributed by atoms with Gasteiger partial charge in [-0.1, -0.05) is 17.3 Å². The predicted octanol–water partition coefficient (Wildman–Crippen LogP) is 3.58. The van der Waals surface area contributed by atoms with Gasteiger partial charge in [0.2, 0.25) is 0 Å². The maximum Gasteiger partial charge on any atom is 0.416 e. The van der Waals surface area contributed by atoms with Gasteiger partial charge in [0.1, 0.15) is 12.3 Å². The summed E-state index contributed by atoms with van der Waals surface area (Å²) < 4.78 is 40.5. The van der Waals surface area contributed by atoms with Crippen LogP contribution in [0.15, 0.2) is 48.1 Å². The van der Waals surface area contributed by atoms with Gasteiger partial charge in [0.05, 0.1) is 18.4 Å². The van der Waals surface area contributed by atoms with Crippen molar-refractivity contribution in [3.63, 3.8) is 0 Å². The van der Waals surface area contributed by atoms with Crippen molar-refractivity contribution < 1.29 is 27.9 Å². The molecule has 1 heterocycles. The number of unbranched alkanes of at least 4 members (excludes halogenated alkanes) is 1. The largest absolute Gasteiger partial charge is 0.481 e. The third-order valence-electron chi connectivity index (χ3n) is 3.47. The van der Waals surface area contributed by atoms with Crippen molar-refractivity contribution in [2.24, 2.45) is 5.16 Å². The molecule has 0 radical (unpaired) electrons. The first-order valence-electron chi connectivity index (χ1n) is 7.90. The van der Waals surface area contributed by atoms with Gasteiger partial charge in [0, 0.05) is 24.4 Å². The number of halogens is 3. The summed E-state index contributed by atoms with van der Waals surface area (Å²) >= 11 is 0. The maximum atomic E-state index is 12.9. The number of nitrogens with zero attached hydrogens (tertiary/aromatic N) is 3. The van der Waals surface area contributed by atoms with Gasteiger partial charge in [0.15, 0.2) is 0 Å². The van der Waals surface area contributed by atoms with Crippen molar-refractivity contribution in [3.05, 3.63) is 54.1 Å². The van der Waals surface area contributed by atoms with Crippen molar-refractivity contribution in [2.45, 2.75) is 32.0 Å². The topological polar surface area (TPSA) is 76.7 Å². The first-order chi connectivity index (χ1) is 12.4. The minimum atomic E-state index is -4.45. The van der Waals surface area contributed by atoms with E-state index in [2.05, 4.69) is 10.1 Å². The lowest BCUT2D eigenvalue weighted by Crippen LogP contribution is -2.13. The monoisotopic (exact) mass is 369 g/mol. The molecule has 0 unspecified atom stereocenters. The molecule has 0 bridgehead atoms. The lowest BCUT2D eigenvalue weighted by Gasteiger charge is -2.11. The van der Waals surface area contributed by atoms with Crippen LogP contribution in [-0.4, -0.2) is 32.9 Å². The van der Waals surface area contributed by atoms with E-state index in [1.165, 1.54) is 18.5 Å². The number of alkyl halides is 3. The number of carbonyl (C=O) groups is 1. The van der Waals surface area contributed by atoms with Gasteiger partial charge in [-0.05, 0) is 25.0 Å². The fraction of sp³-hybridized carbons (Fsp3) is 0.353. The summed E-state index contributed by atoms with van der Waals surface area (Å²) in [7, 11) is 0. The van der Waals surface area contributed by atoms with Crippen LogP contribution < -0.4 is 0 Å². The maximum absolute atomic E-state index is 12.9. The van der Waals surface area contributed by atoms with E-state index >= 15 is 0 Å². The van der Waals surface area contributed by atoms with Crippen LogP contribution in [0.1, 0.15) is 30.4 Å². The van der Waals surface area contributed by atoms with Crippen LogP contribution in [0, 0.1) is 0 Å². The van der Waals surface area contributed by atoms with Gasteiger partial charge < -0.3 is 14.5 Å². The molecule has 1 aromatic carbocycles. The summed E-state index contributed by atoms with van der Waals surface area (Å²) in [5, 5.41) is 12.5. The molecule has 0 fully saturated rings. The fourth-order valence-corrected chi connectivity index (χ4v) is 2.17. The highest BCUT2D eigenvalue weighted by molar-refractivity contribution is 6.00. The number of aliphatic carboxylic acids is 1. The van der Waals surface area contributed by atoms with E-state index in [9.17, 15) is 18.0 Å². The highest BCUT2D eigenvalue weighted by Crippen LogP contribution is 2.29. The van der Waals surface area contributed by atoms with Crippen LogP contribution in [0.5, 0.6) is 0 Å². The van der Waals surface area contributed by atoms with Crippen molar-refractivity contribution >= 4 is 11.7 Å². The van der Waals surface area contributed by atoms with E-state index in [4.69, 9.17) is 9.94 Å². The van der Waals surface area contributed by atoms with Gasteiger partial charge >= 0.3 is 12.1 Å². The lowest BCUT2D eigenvalue weighted by molar-refractivity contribution is -0.138. The minimum absolute atomic E-state index is 0.0304. The Hall–Kier alpha value is -2.84. The molecule has 2 rings (SSSR count). The van der Waals surface area contributed by atoms with Crippen LogP contribution in [0.2, 0.25) is 0 Å². The van der Waals surface area contributed by atoms with Gasteiger partial charge in [-0.3, -0.25) is 4.79 Å². The molecule has 140 valence electrons. The van der Waals surface area contributed by atoms with Crippen molar-refractivity contribution in [1.82, 2.24) is 9.55 Å². The van der Waals surface area contributed by atoms with Crippen molar-refractivity contribution in [1.29, 1.82) is 0 Å². The van der Waals surface area contributed by atoms with Crippen LogP contribution in [0.3, 0.4) is 0 Å². The summed E-state index contributed by atoms with van der Waals surface area (Å²) in [5.41, 5.74) is -0.166. The second kappa shape index (κ2) is 9.02. The summed E-state index contributed by atoms with van der Waals surface area (Å²) in [6.07, 6.45) is 1.24. The molecule has 9 heteroatoms. The predicted molar refractivity (Wildman–Crippen MR) is 87.6 cm³/mol. The minimum Gasteiger partial charge on any atom is -0.481 e. The first kappa shape index (κ1) is 19.5. The first-order valence-corrected chi connectivity index (χ1v) is 7.90. The smallest absolute Gasteiger partial charge is 0.416 e. The highest BCUT2D eigenvalue weighted by atomic mass is 19.4. The Kier molecular flexibility index (Phi) is 6.76. The Balaban J connectivity index is 2.11. The summed E-state index contributed by atoms with van der Waals surface area (Å²) in [4.78, 5) is 19.5. The van der Waals surface area contributed by atoms with Gasteiger partial charge in [-0.2, -0.15) is 13.2 Å². The third kappa shape index (κ3) is 6.23. The third-order valence-corrected chi connectivity index (χ3v) is 3.47. The molecule has 6 nitrogen and oxygen atoms in total. The molecule has 0 atom stereocenters. The zero-order valence-electron chi connectivity index (χ0n) is 13.8. The zero-order chi connectivity index (χ0) is 19.0. The summed E-state index contributed by atoms with van der Waals surface area (Å²) in [6, 6.07) is 4.85. The number of rotatable bonds is 9. The molecule has 2 aromatic rings. The van der Waals surface area contributed by atoms with Crippen molar-refractivity contribution in [3.8, 4) is 0 Å². The van der Waals surface area contributed by atoms with Crippen LogP contribution in [0.25, 0.3) is 0 Å². The molecule has 0 spiro atoms. The number of hydrogen-bond donors (Lipinski definition) is 1. The summed E-state index contributed by atoms with van der Waals surface area (Å²) in [6.45, 7) is 0.371. The Labute approximate surface area is 147 Å². The Morgan fingerprint density at radius 3 is 2.77 bits per heavy atom. The molecule has 26 heavy (non-hydrogen) atoms. The normalized spacial score (nSPS) is 12.2. The number of benzene rings is 1. The average Bonchev–Trinajstić information content (AvgIpc) is 3.09. The standard InChI is InChI=1S/C17H18F3N3O3/c18-17(19,20)14-5-3-4-13(10-14)15(11-23-8-7-21-12-23)22-26-9-2-1-6-16(24)25/h3-5,7-8,10,12H,1-2,6,9,11H2,(H,24,25). The number of aromatic nitrogens is 2. The summed E-state index contributed by atoms with van der Waals surface area (Å²) in [5.74, 6) is -0.890. The molecule has 0 saturated heterocycles. The molecule has 0 aliphatic heterocycles. The molecule has 1 N–H and O–H groups in total. The van der Waals surface area contributed by atoms with Crippen molar-refractivity contribution in [2.75, 3.05) is 6.61 Å².